The molecular formula is C16H17BrN2O2S. The molecule has 0 saturated heterocycles. The summed E-state index contributed by atoms with van der Waals surface area (Å²) in [5, 5.41) is 15.6. The van der Waals surface area contributed by atoms with E-state index in [1.807, 2.05) is 6.07 Å². The molecule has 1 aromatic heterocycles. The number of rotatable bonds is 7. The standard InChI is InChI=1S/C16H17BrN2O2S/c17-13-7-8-15(20)12(10-13)11-18-19-16(21)6-2-1-4-14-5-3-9-22-14/h3,5,7-11,20H,1-2,4,6H2,(H,19,21)/b18-11+. The average Bonchev–Trinajstić information content (AvgIpc) is 3.00. The van der Waals surface area contributed by atoms with Crippen molar-refractivity contribution in [3.8, 4) is 5.75 Å². The van der Waals surface area contributed by atoms with E-state index in [0.29, 0.717) is 12.0 Å². The molecule has 2 aromatic rings. The van der Waals surface area contributed by atoms with Gasteiger partial charge in [-0.3, -0.25) is 4.79 Å². The van der Waals surface area contributed by atoms with Gasteiger partial charge in [-0.25, -0.2) is 5.43 Å². The molecule has 2 N–H and O–H groups in total. The number of thiophene rings is 1. The summed E-state index contributed by atoms with van der Waals surface area (Å²) in [7, 11) is 0. The van der Waals surface area contributed by atoms with E-state index >= 15 is 0 Å². The van der Waals surface area contributed by atoms with Crippen LogP contribution in [0.3, 0.4) is 0 Å². The Morgan fingerprint density at radius 1 is 1.36 bits per heavy atom. The molecule has 2 rings (SSSR count). The van der Waals surface area contributed by atoms with Crippen LogP contribution in [-0.4, -0.2) is 17.2 Å². The fraction of sp³-hybridized carbons (Fsp3) is 0.250. The second-order valence-corrected chi connectivity index (χ2v) is 6.73. The number of hydrazone groups is 1. The molecule has 4 nitrogen and oxygen atoms in total. The Morgan fingerprint density at radius 2 is 2.23 bits per heavy atom. The summed E-state index contributed by atoms with van der Waals surface area (Å²) in [4.78, 5) is 13.0. The zero-order chi connectivity index (χ0) is 15.8. The lowest BCUT2D eigenvalue weighted by molar-refractivity contribution is -0.121. The van der Waals surface area contributed by atoms with E-state index in [1.54, 1.807) is 29.5 Å². The van der Waals surface area contributed by atoms with Crippen molar-refractivity contribution >= 4 is 39.4 Å². The molecule has 0 aliphatic carbocycles. The molecule has 22 heavy (non-hydrogen) atoms. The third kappa shape index (κ3) is 5.61. The highest BCUT2D eigenvalue weighted by Crippen LogP contribution is 2.19. The Labute approximate surface area is 142 Å². The average molecular weight is 381 g/mol. The zero-order valence-electron chi connectivity index (χ0n) is 12.0. The maximum absolute atomic E-state index is 11.7. The van der Waals surface area contributed by atoms with Crippen molar-refractivity contribution in [2.45, 2.75) is 25.7 Å². The van der Waals surface area contributed by atoms with Gasteiger partial charge in [0.15, 0.2) is 0 Å². The number of hydrogen-bond acceptors (Lipinski definition) is 4. The first-order valence-electron chi connectivity index (χ1n) is 6.98. The van der Waals surface area contributed by atoms with Crippen LogP contribution in [0.15, 0.2) is 45.3 Å². The molecule has 1 amide bonds. The first-order chi connectivity index (χ1) is 10.6. The van der Waals surface area contributed by atoms with Gasteiger partial charge in [0, 0.05) is 21.3 Å². The molecule has 0 bridgehead atoms. The largest absolute Gasteiger partial charge is 0.507 e. The van der Waals surface area contributed by atoms with Gasteiger partial charge in [-0.15, -0.1) is 11.3 Å². The second kappa shape index (κ2) is 8.70. The van der Waals surface area contributed by atoms with Gasteiger partial charge < -0.3 is 5.11 Å². The van der Waals surface area contributed by atoms with Crippen LogP contribution in [0.5, 0.6) is 5.75 Å². The fourth-order valence-corrected chi connectivity index (χ4v) is 3.03. The van der Waals surface area contributed by atoms with Crippen molar-refractivity contribution in [1.82, 2.24) is 5.43 Å². The number of unbranched alkanes of at least 4 members (excludes halogenated alkanes) is 1. The van der Waals surface area contributed by atoms with Crippen LogP contribution < -0.4 is 5.43 Å². The zero-order valence-corrected chi connectivity index (χ0v) is 14.4. The molecule has 0 aliphatic heterocycles. The topological polar surface area (TPSA) is 61.7 Å². The van der Waals surface area contributed by atoms with Crippen molar-refractivity contribution in [3.05, 3.63) is 50.6 Å². The van der Waals surface area contributed by atoms with E-state index in [0.717, 1.165) is 23.7 Å². The summed E-state index contributed by atoms with van der Waals surface area (Å²) in [6.45, 7) is 0. The monoisotopic (exact) mass is 380 g/mol. The van der Waals surface area contributed by atoms with Crippen molar-refractivity contribution in [1.29, 1.82) is 0 Å². The number of nitrogens with zero attached hydrogens (tertiary/aromatic N) is 1. The van der Waals surface area contributed by atoms with Gasteiger partial charge in [0.2, 0.25) is 5.91 Å². The number of phenolic OH excluding ortho intramolecular Hbond substituents is 1. The van der Waals surface area contributed by atoms with Gasteiger partial charge in [0.25, 0.3) is 0 Å². The van der Waals surface area contributed by atoms with Crippen LogP contribution >= 0.6 is 27.3 Å². The van der Waals surface area contributed by atoms with Gasteiger partial charge in [-0.1, -0.05) is 22.0 Å². The van der Waals surface area contributed by atoms with Gasteiger partial charge >= 0.3 is 0 Å². The van der Waals surface area contributed by atoms with Crippen molar-refractivity contribution in [2.24, 2.45) is 5.10 Å². The third-order valence-corrected chi connectivity index (χ3v) is 4.47. The number of amides is 1. The van der Waals surface area contributed by atoms with E-state index in [9.17, 15) is 9.90 Å². The molecule has 0 atom stereocenters. The number of aryl methyl sites for hydroxylation is 1. The maximum atomic E-state index is 11.7. The van der Waals surface area contributed by atoms with Crippen molar-refractivity contribution < 1.29 is 9.90 Å². The summed E-state index contributed by atoms with van der Waals surface area (Å²) in [6, 6.07) is 9.18. The van der Waals surface area contributed by atoms with E-state index in [-0.39, 0.29) is 11.7 Å². The molecule has 6 heteroatoms. The Hall–Kier alpha value is -1.66. The lowest BCUT2D eigenvalue weighted by Crippen LogP contribution is -2.17. The quantitative estimate of drug-likeness (QED) is 0.431. The first-order valence-corrected chi connectivity index (χ1v) is 8.65. The number of carbonyl (C=O) groups is 1. The highest BCUT2D eigenvalue weighted by Gasteiger charge is 2.02. The molecule has 116 valence electrons. The van der Waals surface area contributed by atoms with Crippen LogP contribution in [0, 0.1) is 0 Å². The Balaban J connectivity index is 1.68. The molecule has 0 aliphatic rings. The molecule has 1 aromatic carbocycles. The second-order valence-electron chi connectivity index (χ2n) is 4.78. The van der Waals surface area contributed by atoms with Crippen molar-refractivity contribution in [3.63, 3.8) is 0 Å². The number of hydrogen-bond donors (Lipinski definition) is 2. The van der Waals surface area contributed by atoms with Gasteiger partial charge in [0.1, 0.15) is 5.75 Å². The minimum Gasteiger partial charge on any atom is -0.507 e. The number of halogens is 1. The molecule has 0 unspecified atom stereocenters. The van der Waals surface area contributed by atoms with Crippen molar-refractivity contribution in [2.75, 3.05) is 0 Å². The minimum atomic E-state index is -0.114. The smallest absolute Gasteiger partial charge is 0.240 e. The third-order valence-electron chi connectivity index (χ3n) is 3.04. The highest BCUT2D eigenvalue weighted by molar-refractivity contribution is 9.10. The Morgan fingerprint density at radius 3 is 3.00 bits per heavy atom. The minimum absolute atomic E-state index is 0.114. The van der Waals surface area contributed by atoms with E-state index in [1.165, 1.54) is 11.1 Å². The number of nitrogens with one attached hydrogen (secondary N) is 1. The Bertz CT molecular complexity index is 642. The molecule has 0 radical (unpaired) electrons. The first kappa shape index (κ1) is 16.7. The molecular weight excluding hydrogens is 364 g/mol. The van der Waals surface area contributed by atoms with E-state index < -0.39 is 0 Å². The molecule has 1 heterocycles. The number of aromatic hydroxyl groups is 1. The van der Waals surface area contributed by atoms with Gasteiger partial charge in [-0.2, -0.15) is 5.10 Å². The lowest BCUT2D eigenvalue weighted by atomic mass is 10.2. The number of benzene rings is 1. The maximum Gasteiger partial charge on any atom is 0.240 e. The fourth-order valence-electron chi connectivity index (χ4n) is 1.90. The summed E-state index contributed by atoms with van der Waals surface area (Å²) in [6.07, 6.45) is 4.72. The molecule has 0 saturated carbocycles. The highest BCUT2D eigenvalue weighted by atomic mass is 79.9. The van der Waals surface area contributed by atoms with Crippen LogP contribution in [0.1, 0.15) is 29.7 Å². The lowest BCUT2D eigenvalue weighted by Gasteiger charge is -2.01. The van der Waals surface area contributed by atoms with Crippen LogP contribution in [0.25, 0.3) is 0 Å². The Kier molecular flexibility index (Phi) is 6.61. The molecule has 0 spiro atoms. The van der Waals surface area contributed by atoms with Gasteiger partial charge in [0.05, 0.1) is 6.21 Å². The normalized spacial score (nSPS) is 11.0. The summed E-state index contributed by atoms with van der Waals surface area (Å²) in [5.41, 5.74) is 3.03. The van der Waals surface area contributed by atoms with E-state index in [2.05, 4.69) is 37.9 Å². The predicted octanol–water partition coefficient (Wildman–Crippen LogP) is 4.08. The summed E-state index contributed by atoms with van der Waals surface area (Å²) < 4.78 is 0.839. The van der Waals surface area contributed by atoms with Gasteiger partial charge in [-0.05, 0) is 48.9 Å². The number of phenols is 1. The number of carbonyl (C=O) groups excluding carboxylic acids is 1. The molecule has 0 fully saturated rings. The van der Waals surface area contributed by atoms with Crippen LogP contribution in [0.4, 0.5) is 0 Å². The van der Waals surface area contributed by atoms with E-state index in [4.69, 9.17) is 0 Å². The van der Waals surface area contributed by atoms with Crippen LogP contribution in [-0.2, 0) is 11.2 Å². The SMILES string of the molecule is O=C(CCCCc1cccs1)N/N=C/c1cc(Br)ccc1O. The summed E-state index contributed by atoms with van der Waals surface area (Å²) in [5.74, 6) is 0.00839. The van der Waals surface area contributed by atoms with Crippen LogP contribution in [0.2, 0.25) is 0 Å². The summed E-state index contributed by atoms with van der Waals surface area (Å²) >= 11 is 5.06. The predicted molar refractivity (Wildman–Crippen MR) is 93.4 cm³/mol.